The molecule has 1 saturated heterocycles. The molecule has 2 heterocycles. The Labute approximate surface area is 136 Å². The fourth-order valence-corrected chi connectivity index (χ4v) is 3.08. The van der Waals surface area contributed by atoms with Crippen LogP contribution >= 0.6 is 0 Å². The quantitative estimate of drug-likeness (QED) is 0.849. The lowest BCUT2D eigenvalue weighted by molar-refractivity contribution is -0.134. The van der Waals surface area contributed by atoms with Crippen molar-refractivity contribution in [2.45, 2.75) is 19.8 Å². The maximum absolute atomic E-state index is 12.5. The number of methoxy groups -OCH3 is 1. The summed E-state index contributed by atoms with van der Waals surface area (Å²) in [4.78, 5) is 22.3. The number of nitrogens with zero attached hydrogens (tertiary/aromatic N) is 2. The molecule has 23 heavy (non-hydrogen) atoms. The number of amides is 1. The van der Waals surface area contributed by atoms with Gasteiger partial charge >= 0.3 is 0 Å². The first-order valence-electron chi connectivity index (χ1n) is 8.23. The number of fused-ring (bicyclic) bond motifs is 1. The van der Waals surface area contributed by atoms with Crippen LogP contribution in [-0.4, -0.2) is 54.1 Å². The number of aromatic amines is 1. The number of carbonyl (C=O) groups is 1. The molecule has 3 rings (SSSR count). The van der Waals surface area contributed by atoms with Crippen molar-refractivity contribution in [1.82, 2.24) is 20.2 Å². The monoisotopic (exact) mass is 316 g/mol. The van der Waals surface area contributed by atoms with Gasteiger partial charge in [-0.25, -0.2) is 4.98 Å². The topological polar surface area (TPSA) is 70.2 Å². The lowest BCUT2D eigenvalue weighted by Crippen LogP contribution is -2.38. The van der Waals surface area contributed by atoms with E-state index in [-0.39, 0.29) is 11.8 Å². The summed E-state index contributed by atoms with van der Waals surface area (Å²) in [6.45, 7) is 5.22. The summed E-state index contributed by atoms with van der Waals surface area (Å²) in [5.41, 5.74) is 1.89. The largest absolute Gasteiger partial charge is 0.497 e. The number of likely N-dealkylation sites (N-methyl/N-ethyl adjacent to an activating group) is 1. The van der Waals surface area contributed by atoms with Crippen molar-refractivity contribution in [2.75, 3.05) is 33.3 Å². The van der Waals surface area contributed by atoms with E-state index in [1.54, 1.807) is 7.11 Å². The molecule has 0 spiro atoms. The van der Waals surface area contributed by atoms with Gasteiger partial charge in [-0.1, -0.05) is 0 Å². The minimum atomic E-state index is 0.134. The lowest BCUT2D eigenvalue weighted by atomic mass is 10.1. The summed E-state index contributed by atoms with van der Waals surface area (Å²) in [6, 6.07) is 5.79. The van der Waals surface area contributed by atoms with Gasteiger partial charge in [0.2, 0.25) is 5.91 Å². The third-order valence-corrected chi connectivity index (χ3v) is 4.46. The molecule has 0 saturated carbocycles. The highest BCUT2D eigenvalue weighted by Crippen LogP contribution is 2.19. The number of H-pyrrole nitrogens is 1. The minimum Gasteiger partial charge on any atom is -0.497 e. The van der Waals surface area contributed by atoms with E-state index in [2.05, 4.69) is 15.3 Å². The average molecular weight is 316 g/mol. The molecule has 1 atom stereocenters. The van der Waals surface area contributed by atoms with E-state index in [9.17, 15) is 4.79 Å². The second-order valence-electron chi connectivity index (χ2n) is 5.92. The molecule has 0 bridgehead atoms. The Morgan fingerprint density at radius 3 is 3.04 bits per heavy atom. The molecular weight excluding hydrogens is 292 g/mol. The van der Waals surface area contributed by atoms with Crippen LogP contribution in [0.15, 0.2) is 18.2 Å². The maximum atomic E-state index is 12.5. The predicted molar refractivity (Wildman–Crippen MR) is 89.6 cm³/mol. The van der Waals surface area contributed by atoms with Gasteiger partial charge in [0.25, 0.3) is 0 Å². The summed E-state index contributed by atoms with van der Waals surface area (Å²) < 4.78 is 5.23. The number of benzene rings is 1. The van der Waals surface area contributed by atoms with Crippen LogP contribution in [0, 0.1) is 5.92 Å². The van der Waals surface area contributed by atoms with E-state index in [0.717, 1.165) is 55.1 Å². The maximum Gasteiger partial charge on any atom is 0.227 e. The van der Waals surface area contributed by atoms with E-state index >= 15 is 0 Å². The third kappa shape index (κ3) is 3.47. The molecule has 1 aliphatic rings. The number of carbonyl (C=O) groups excluding carboxylic acids is 1. The molecule has 6 heteroatoms. The molecule has 1 aliphatic heterocycles. The number of nitrogens with one attached hydrogen (secondary N) is 2. The van der Waals surface area contributed by atoms with Crippen LogP contribution in [-0.2, 0) is 11.2 Å². The van der Waals surface area contributed by atoms with Gasteiger partial charge in [-0.05, 0) is 32.0 Å². The Balaban J connectivity index is 1.65. The van der Waals surface area contributed by atoms with E-state index in [0.29, 0.717) is 6.54 Å². The Bertz CT molecular complexity index is 676. The summed E-state index contributed by atoms with van der Waals surface area (Å²) in [5.74, 6) is 2.11. The van der Waals surface area contributed by atoms with Crippen molar-refractivity contribution in [1.29, 1.82) is 0 Å². The number of hydrogen-bond donors (Lipinski definition) is 2. The van der Waals surface area contributed by atoms with E-state index in [1.807, 2.05) is 30.0 Å². The lowest BCUT2D eigenvalue weighted by Gasteiger charge is -2.23. The van der Waals surface area contributed by atoms with Gasteiger partial charge in [-0.3, -0.25) is 4.79 Å². The number of imidazole rings is 1. The Morgan fingerprint density at radius 1 is 1.48 bits per heavy atom. The van der Waals surface area contributed by atoms with E-state index < -0.39 is 0 Å². The standard InChI is InChI=1S/C17H24N4O2/c1-3-21(17(22)12-6-8-18-11-12)9-7-16-19-14-5-4-13(23-2)10-15(14)20-16/h4-5,10,12,18H,3,6-9,11H2,1-2H3,(H,19,20)/t12-/m1/s1. The van der Waals surface area contributed by atoms with Crippen LogP contribution in [0.4, 0.5) is 0 Å². The fourth-order valence-electron chi connectivity index (χ4n) is 3.08. The van der Waals surface area contributed by atoms with Crippen LogP contribution in [0.1, 0.15) is 19.2 Å². The number of hydrogen-bond acceptors (Lipinski definition) is 4. The Morgan fingerprint density at radius 2 is 2.35 bits per heavy atom. The first-order chi connectivity index (χ1) is 11.2. The smallest absolute Gasteiger partial charge is 0.227 e. The molecule has 0 radical (unpaired) electrons. The molecule has 1 aromatic heterocycles. The van der Waals surface area contributed by atoms with Crippen LogP contribution in [0.2, 0.25) is 0 Å². The summed E-state index contributed by atoms with van der Waals surface area (Å²) in [5, 5.41) is 3.26. The molecule has 1 aromatic carbocycles. The van der Waals surface area contributed by atoms with Crippen LogP contribution in [0.5, 0.6) is 5.75 Å². The van der Waals surface area contributed by atoms with E-state index in [1.165, 1.54) is 0 Å². The molecule has 1 fully saturated rings. The van der Waals surface area contributed by atoms with Gasteiger partial charge in [-0.15, -0.1) is 0 Å². The second kappa shape index (κ2) is 7.00. The molecule has 6 nitrogen and oxygen atoms in total. The van der Waals surface area contributed by atoms with Crippen molar-refractivity contribution in [3.05, 3.63) is 24.0 Å². The molecule has 124 valence electrons. The van der Waals surface area contributed by atoms with Crippen molar-refractivity contribution >= 4 is 16.9 Å². The van der Waals surface area contributed by atoms with Crippen molar-refractivity contribution in [3.63, 3.8) is 0 Å². The van der Waals surface area contributed by atoms with Crippen LogP contribution in [0.3, 0.4) is 0 Å². The molecule has 2 N–H and O–H groups in total. The average Bonchev–Trinajstić information content (AvgIpc) is 3.23. The molecule has 0 aliphatic carbocycles. The first-order valence-corrected chi connectivity index (χ1v) is 8.23. The normalized spacial score (nSPS) is 17.6. The van der Waals surface area contributed by atoms with Gasteiger partial charge in [0.15, 0.2) is 0 Å². The van der Waals surface area contributed by atoms with Gasteiger partial charge in [-0.2, -0.15) is 0 Å². The highest BCUT2D eigenvalue weighted by atomic mass is 16.5. The van der Waals surface area contributed by atoms with Gasteiger partial charge in [0, 0.05) is 32.1 Å². The third-order valence-electron chi connectivity index (χ3n) is 4.46. The Hall–Kier alpha value is -2.08. The highest BCUT2D eigenvalue weighted by Gasteiger charge is 2.26. The highest BCUT2D eigenvalue weighted by molar-refractivity contribution is 5.79. The van der Waals surface area contributed by atoms with Crippen LogP contribution < -0.4 is 10.1 Å². The molecule has 1 amide bonds. The van der Waals surface area contributed by atoms with E-state index in [4.69, 9.17) is 4.74 Å². The SMILES string of the molecule is CCN(CCc1nc2ccc(OC)cc2[nH]1)C(=O)[C@@H]1CCNC1. The predicted octanol–water partition coefficient (Wildman–Crippen LogP) is 1.57. The Kier molecular flexibility index (Phi) is 4.81. The second-order valence-corrected chi connectivity index (χ2v) is 5.92. The zero-order valence-corrected chi connectivity index (χ0v) is 13.8. The zero-order valence-electron chi connectivity index (χ0n) is 13.8. The zero-order chi connectivity index (χ0) is 16.2. The summed E-state index contributed by atoms with van der Waals surface area (Å²) in [7, 11) is 1.65. The number of aromatic nitrogens is 2. The number of ether oxygens (including phenoxy) is 1. The van der Waals surface area contributed by atoms with Crippen molar-refractivity contribution in [2.24, 2.45) is 5.92 Å². The molecule has 0 unspecified atom stereocenters. The first kappa shape index (κ1) is 15.8. The van der Waals surface area contributed by atoms with Crippen LogP contribution in [0.25, 0.3) is 11.0 Å². The van der Waals surface area contributed by atoms with Gasteiger partial charge < -0.3 is 19.9 Å². The fraction of sp³-hybridized carbons (Fsp3) is 0.529. The summed E-state index contributed by atoms with van der Waals surface area (Å²) >= 11 is 0. The molecular formula is C17H24N4O2. The van der Waals surface area contributed by atoms with Gasteiger partial charge in [0.1, 0.15) is 11.6 Å². The van der Waals surface area contributed by atoms with Crippen molar-refractivity contribution in [3.8, 4) is 5.75 Å². The van der Waals surface area contributed by atoms with Gasteiger partial charge in [0.05, 0.1) is 24.1 Å². The number of rotatable bonds is 6. The summed E-state index contributed by atoms with van der Waals surface area (Å²) in [6.07, 6.45) is 1.68. The minimum absolute atomic E-state index is 0.134. The molecule has 2 aromatic rings. The van der Waals surface area contributed by atoms with Crippen molar-refractivity contribution < 1.29 is 9.53 Å².